The molecule has 0 bridgehead atoms. The molecule has 0 saturated heterocycles. The molecule has 0 spiro atoms. The van der Waals surface area contributed by atoms with E-state index in [0.29, 0.717) is 5.92 Å². The molecule has 3 heteroatoms. The van der Waals surface area contributed by atoms with Crippen molar-refractivity contribution in [3.63, 3.8) is 0 Å². The molecule has 0 nitrogen and oxygen atoms in total. The van der Waals surface area contributed by atoms with E-state index in [9.17, 15) is 0 Å². The van der Waals surface area contributed by atoms with Crippen LogP contribution in [0.15, 0.2) is 30.3 Å². The largest absolute Gasteiger partial charge is 4.00 e. The summed E-state index contributed by atoms with van der Waals surface area (Å²) in [5.74, 6) is 0.492. The van der Waals surface area contributed by atoms with Gasteiger partial charge in [-0.05, 0) is 0 Å². The first-order chi connectivity index (χ1) is 9.41. The topological polar surface area (TPSA) is 0 Å². The molecule has 2 aromatic rings. The van der Waals surface area contributed by atoms with Crippen LogP contribution in [0.3, 0.4) is 0 Å². The van der Waals surface area contributed by atoms with Crippen LogP contribution in [0.1, 0.15) is 53.1 Å². The number of fused-ring (bicyclic) bond motifs is 1. The Morgan fingerprint density at radius 1 is 1.00 bits per heavy atom. The Kier molecular flexibility index (Phi) is 11.5. The van der Waals surface area contributed by atoms with Gasteiger partial charge in [0.05, 0.1) is 0 Å². The van der Waals surface area contributed by atoms with Crippen LogP contribution in [0.4, 0.5) is 0 Å². The van der Waals surface area contributed by atoms with E-state index >= 15 is 0 Å². The first kappa shape index (κ1) is 25.0. The van der Waals surface area contributed by atoms with Crippen LogP contribution >= 0.6 is 0 Å². The van der Waals surface area contributed by atoms with Crippen LogP contribution in [0.25, 0.3) is 5.57 Å². The number of hydrogen-bond donors (Lipinski definition) is 0. The SMILES string of the molecule is CC1=[C-]C(C)c2ccccc21.Cc1c[c-](C)c(C)c1C.[Cl-].[Cl-].[Zr+4]. The average molecular weight is 427 g/mol. The number of hydrogen-bond acceptors (Lipinski definition) is 0. The van der Waals surface area contributed by atoms with Crippen molar-refractivity contribution in [2.75, 3.05) is 0 Å². The Hall–Kier alpha value is -0.227. The van der Waals surface area contributed by atoms with Crippen LogP contribution in [0, 0.1) is 33.8 Å². The quantitative estimate of drug-likeness (QED) is 0.506. The molecule has 3 rings (SSSR count). The molecule has 0 aromatic heterocycles. The van der Waals surface area contributed by atoms with Crippen molar-refractivity contribution in [1.29, 1.82) is 0 Å². The van der Waals surface area contributed by atoms with Gasteiger partial charge in [-0.3, -0.25) is 6.08 Å². The van der Waals surface area contributed by atoms with E-state index in [0.717, 1.165) is 0 Å². The second-order valence-electron chi connectivity index (χ2n) is 5.84. The smallest absolute Gasteiger partial charge is 1.00 e. The Bertz CT molecular complexity index is 631. The van der Waals surface area contributed by atoms with E-state index in [-0.39, 0.29) is 51.0 Å². The van der Waals surface area contributed by atoms with Crippen LogP contribution in [0.5, 0.6) is 0 Å². The minimum absolute atomic E-state index is 0. The van der Waals surface area contributed by atoms with Gasteiger partial charge in [0, 0.05) is 0 Å². The summed E-state index contributed by atoms with van der Waals surface area (Å²) in [5.41, 5.74) is 9.84. The molecule has 23 heavy (non-hydrogen) atoms. The predicted octanol–water partition coefficient (Wildman–Crippen LogP) is -0.345. The molecule has 0 amide bonds. The molecule has 0 heterocycles. The third kappa shape index (κ3) is 5.66. The molecule has 122 valence electrons. The fourth-order valence-electron chi connectivity index (χ4n) is 2.83. The van der Waals surface area contributed by atoms with Crippen molar-refractivity contribution in [2.24, 2.45) is 0 Å². The summed E-state index contributed by atoms with van der Waals surface area (Å²) in [6.07, 6.45) is 3.40. The Balaban J connectivity index is 0. The molecule has 0 fully saturated rings. The van der Waals surface area contributed by atoms with Crippen molar-refractivity contribution in [3.05, 3.63) is 69.8 Å². The fourth-order valence-corrected chi connectivity index (χ4v) is 2.83. The molecule has 0 radical (unpaired) electrons. The Labute approximate surface area is 173 Å². The first-order valence-electron chi connectivity index (χ1n) is 7.31. The predicted molar refractivity (Wildman–Crippen MR) is 88.2 cm³/mol. The molecule has 1 unspecified atom stereocenters. The maximum atomic E-state index is 3.40. The van der Waals surface area contributed by atoms with Gasteiger partial charge in [0.2, 0.25) is 0 Å². The minimum Gasteiger partial charge on any atom is -1.00 e. The van der Waals surface area contributed by atoms with Crippen molar-refractivity contribution in [1.82, 2.24) is 0 Å². The Morgan fingerprint density at radius 2 is 1.57 bits per heavy atom. The van der Waals surface area contributed by atoms with E-state index in [1.165, 1.54) is 39.0 Å². The van der Waals surface area contributed by atoms with Gasteiger partial charge in [-0.2, -0.15) is 33.9 Å². The molecule has 0 aliphatic heterocycles. The normalized spacial score (nSPS) is 14.2. The first-order valence-corrected chi connectivity index (χ1v) is 7.31. The third-order valence-electron chi connectivity index (χ3n) is 4.44. The van der Waals surface area contributed by atoms with Gasteiger partial charge in [-0.25, -0.2) is 5.57 Å². The van der Waals surface area contributed by atoms with Gasteiger partial charge < -0.3 is 24.8 Å². The van der Waals surface area contributed by atoms with Crippen molar-refractivity contribution in [2.45, 2.75) is 47.5 Å². The maximum Gasteiger partial charge on any atom is 4.00 e. The summed E-state index contributed by atoms with van der Waals surface area (Å²) >= 11 is 0. The third-order valence-corrected chi connectivity index (χ3v) is 4.44. The second kappa shape index (κ2) is 10.6. The van der Waals surface area contributed by atoms with E-state index in [1.807, 2.05) is 0 Å². The number of aryl methyl sites for hydroxylation is 2. The summed E-state index contributed by atoms with van der Waals surface area (Å²) in [6.45, 7) is 13.0. The fraction of sp³-hybridized carbons (Fsp3) is 0.350. The van der Waals surface area contributed by atoms with Crippen LogP contribution in [-0.4, -0.2) is 0 Å². The molecule has 2 aromatic carbocycles. The van der Waals surface area contributed by atoms with Crippen molar-refractivity contribution < 1.29 is 51.0 Å². The van der Waals surface area contributed by atoms with Crippen LogP contribution in [0.2, 0.25) is 0 Å². The number of benzene rings is 1. The molecular formula is C20H24Cl2Zr. The second-order valence-corrected chi connectivity index (χ2v) is 5.84. The number of allylic oxidation sites excluding steroid dienone is 2. The minimum atomic E-state index is 0. The van der Waals surface area contributed by atoms with Crippen LogP contribution in [-0.2, 0) is 26.2 Å². The van der Waals surface area contributed by atoms with Gasteiger partial charge >= 0.3 is 26.2 Å². The molecule has 1 aliphatic carbocycles. The summed E-state index contributed by atoms with van der Waals surface area (Å²) in [6, 6.07) is 10.8. The molecule has 0 N–H and O–H groups in total. The zero-order valence-corrected chi connectivity index (χ0v) is 18.7. The van der Waals surface area contributed by atoms with Gasteiger partial charge in [0.15, 0.2) is 0 Å². The molecular weight excluding hydrogens is 402 g/mol. The monoisotopic (exact) mass is 424 g/mol. The maximum absolute atomic E-state index is 3.40. The summed E-state index contributed by atoms with van der Waals surface area (Å²) in [5, 5.41) is 0. The van der Waals surface area contributed by atoms with Gasteiger partial charge in [-0.15, -0.1) is 11.6 Å². The Morgan fingerprint density at radius 3 is 1.96 bits per heavy atom. The standard InChI is InChI=1S/C11H11.C9H13.2ClH.Zr/c1-8-7-9(2)11-6-4-3-5-10(8)11;1-6-5-7(2)9(4)8(6)3;;;/h3-6,8H,1-2H3;5H,1-4H3;2*1H;/q2*-1;;;+4/p-2. The summed E-state index contributed by atoms with van der Waals surface area (Å²) in [4.78, 5) is 0. The van der Waals surface area contributed by atoms with Gasteiger partial charge in [-0.1, -0.05) is 65.7 Å². The van der Waals surface area contributed by atoms with E-state index < -0.39 is 0 Å². The van der Waals surface area contributed by atoms with E-state index in [1.54, 1.807) is 0 Å². The number of rotatable bonds is 0. The summed E-state index contributed by atoms with van der Waals surface area (Å²) < 4.78 is 0. The van der Waals surface area contributed by atoms with Crippen molar-refractivity contribution >= 4 is 5.57 Å². The average Bonchev–Trinajstić information content (AvgIpc) is 2.84. The van der Waals surface area contributed by atoms with E-state index in [4.69, 9.17) is 0 Å². The molecule has 1 aliphatic rings. The van der Waals surface area contributed by atoms with Crippen molar-refractivity contribution in [3.8, 4) is 0 Å². The van der Waals surface area contributed by atoms with Crippen LogP contribution < -0.4 is 24.8 Å². The zero-order valence-electron chi connectivity index (χ0n) is 14.7. The molecule has 0 saturated carbocycles. The van der Waals surface area contributed by atoms with Gasteiger partial charge in [0.25, 0.3) is 0 Å². The van der Waals surface area contributed by atoms with Gasteiger partial charge in [0.1, 0.15) is 0 Å². The zero-order chi connectivity index (χ0) is 14.9. The summed E-state index contributed by atoms with van der Waals surface area (Å²) in [7, 11) is 0. The number of halogens is 2. The molecule has 1 atom stereocenters. The van der Waals surface area contributed by atoms with E-state index in [2.05, 4.69) is 78.0 Å².